The molecule has 0 saturated heterocycles. The first-order chi connectivity index (χ1) is 11.9. The molecule has 3 aromatic rings. The van der Waals surface area contributed by atoms with Crippen LogP contribution in [0.3, 0.4) is 0 Å². The van der Waals surface area contributed by atoms with Crippen molar-refractivity contribution in [1.82, 2.24) is 4.72 Å². The van der Waals surface area contributed by atoms with E-state index in [1.807, 2.05) is 11.4 Å². The van der Waals surface area contributed by atoms with Crippen molar-refractivity contribution in [2.45, 2.75) is 12.3 Å². The average Bonchev–Trinajstić information content (AvgIpc) is 3.26. The summed E-state index contributed by atoms with van der Waals surface area (Å²) in [6.07, 6.45) is 0. The van der Waals surface area contributed by atoms with Crippen molar-refractivity contribution in [3.63, 3.8) is 0 Å². The number of carbonyl (C=O) groups excluding carboxylic acids is 1. The molecule has 3 rings (SSSR count). The number of rotatable bonds is 7. The zero-order chi connectivity index (χ0) is 17.9. The summed E-state index contributed by atoms with van der Waals surface area (Å²) < 4.78 is 27.0. The molecule has 0 aliphatic heterocycles. The Labute approximate surface area is 159 Å². The molecule has 0 atom stereocenters. The molecule has 0 amide bonds. The highest BCUT2D eigenvalue weighted by Crippen LogP contribution is 2.23. The van der Waals surface area contributed by atoms with E-state index in [9.17, 15) is 13.2 Å². The predicted octanol–water partition coefficient (Wildman–Crippen LogP) is 4.31. The quantitative estimate of drug-likeness (QED) is 0.589. The predicted molar refractivity (Wildman–Crippen MR) is 103 cm³/mol. The summed E-state index contributed by atoms with van der Waals surface area (Å²) in [5, 5.41) is 2.28. The summed E-state index contributed by atoms with van der Waals surface area (Å²) in [6, 6.07) is 13.9. The third kappa shape index (κ3) is 4.77. The van der Waals surface area contributed by atoms with Crippen molar-refractivity contribution in [3.05, 3.63) is 79.1 Å². The highest BCUT2D eigenvalue weighted by Gasteiger charge is 2.16. The van der Waals surface area contributed by atoms with Gasteiger partial charge < -0.3 is 0 Å². The lowest BCUT2D eigenvalue weighted by Gasteiger charge is -2.07. The number of halogens is 1. The van der Waals surface area contributed by atoms with Crippen molar-refractivity contribution in [3.8, 4) is 0 Å². The lowest BCUT2D eigenvalue weighted by atomic mass is 10.2. The van der Waals surface area contributed by atoms with Crippen LogP contribution in [-0.4, -0.2) is 14.2 Å². The number of hydrogen-bond donors (Lipinski definition) is 1. The Morgan fingerprint density at radius 3 is 2.56 bits per heavy atom. The fraction of sp³-hybridized carbons (Fsp3) is 0.118. The van der Waals surface area contributed by atoms with Crippen LogP contribution in [0.15, 0.2) is 53.9 Å². The summed E-state index contributed by atoms with van der Waals surface area (Å²) in [6.45, 7) is 0.148. The molecule has 0 aliphatic carbocycles. The SMILES string of the molecule is O=C(c1cccs1)c1ccc(CNS(=O)(=O)Cc2ccccc2Cl)s1. The average molecular weight is 412 g/mol. The zero-order valence-corrected chi connectivity index (χ0v) is 16.1. The van der Waals surface area contributed by atoms with Crippen molar-refractivity contribution < 1.29 is 13.2 Å². The Morgan fingerprint density at radius 2 is 1.84 bits per heavy atom. The minimum absolute atomic E-state index is 0.0369. The van der Waals surface area contributed by atoms with E-state index >= 15 is 0 Å². The van der Waals surface area contributed by atoms with E-state index in [0.29, 0.717) is 20.3 Å². The van der Waals surface area contributed by atoms with Gasteiger partial charge in [-0.25, -0.2) is 13.1 Å². The smallest absolute Gasteiger partial charge is 0.216 e. The molecule has 130 valence electrons. The summed E-state index contributed by atoms with van der Waals surface area (Å²) >= 11 is 8.69. The van der Waals surface area contributed by atoms with Crippen molar-refractivity contribution in [1.29, 1.82) is 0 Å². The van der Waals surface area contributed by atoms with E-state index in [2.05, 4.69) is 4.72 Å². The lowest BCUT2D eigenvalue weighted by Crippen LogP contribution is -2.24. The topological polar surface area (TPSA) is 63.2 Å². The normalized spacial score (nSPS) is 11.6. The standard InChI is InChI=1S/C17H14ClNO3S3/c18-14-5-2-1-4-12(14)11-25(21,22)19-10-13-7-8-16(24-13)17(20)15-6-3-9-23-15/h1-9,19H,10-11H2. The van der Waals surface area contributed by atoms with Crippen LogP contribution in [0.5, 0.6) is 0 Å². The van der Waals surface area contributed by atoms with Gasteiger partial charge in [-0.3, -0.25) is 4.79 Å². The Hall–Kier alpha value is -1.51. The third-order valence-corrected chi connectivity index (χ3v) is 7.00. The molecule has 0 aliphatic rings. The van der Waals surface area contributed by atoms with Gasteiger partial charge in [-0.05, 0) is 35.2 Å². The van der Waals surface area contributed by atoms with E-state index < -0.39 is 10.0 Å². The maximum atomic E-state index is 12.3. The lowest BCUT2D eigenvalue weighted by molar-refractivity contribution is 0.104. The summed E-state index contributed by atoms with van der Waals surface area (Å²) in [5.41, 5.74) is 0.552. The molecule has 8 heteroatoms. The molecule has 2 heterocycles. The van der Waals surface area contributed by atoms with Gasteiger partial charge in [0.2, 0.25) is 15.8 Å². The molecule has 0 radical (unpaired) electrons. The summed E-state index contributed by atoms with van der Waals surface area (Å²) in [4.78, 5) is 14.3. The second-order valence-corrected chi connectivity index (χ2v) is 9.57. The third-order valence-electron chi connectivity index (χ3n) is 3.40. The van der Waals surface area contributed by atoms with Gasteiger partial charge in [0.1, 0.15) is 0 Å². The Morgan fingerprint density at radius 1 is 1.04 bits per heavy atom. The molecule has 1 aromatic carbocycles. The van der Waals surface area contributed by atoms with Gasteiger partial charge in [0.15, 0.2) is 0 Å². The van der Waals surface area contributed by atoms with Crippen LogP contribution in [-0.2, 0) is 22.3 Å². The number of nitrogens with one attached hydrogen (secondary N) is 1. The minimum atomic E-state index is -3.52. The van der Waals surface area contributed by atoms with E-state index in [1.54, 1.807) is 42.5 Å². The number of benzene rings is 1. The van der Waals surface area contributed by atoms with Gasteiger partial charge >= 0.3 is 0 Å². The summed E-state index contributed by atoms with van der Waals surface area (Å²) in [5.74, 6) is -0.218. The maximum Gasteiger partial charge on any atom is 0.216 e. The number of sulfonamides is 1. The molecule has 0 fully saturated rings. The van der Waals surface area contributed by atoms with Crippen molar-refractivity contribution in [2.24, 2.45) is 0 Å². The van der Waals surface area contributed by atoms with Gasteiger partial charge in [0.05, 0.1) is 15.5 Å². The molecule has 0 spiro atoms. The number of thiophene rings is 2. The molecule has 0 unspecified atom stereocenters. The molecule has 25 heavy (non-hydrogen) atoms. The first kappa shape index (κ1) is 18.3. The first-order valence-electron chi connectivity index (χ1n) is 7.32. The highest BCUT2D eigenvalue weighted by atomic mass is 35.5. The van der Waals surface area contributed by atoms with E-state index in [4.69, 9.17) is 11.6 Å². The van der Waals surface area contributed by atoms with Crippen LogP contribution in [0.25, 0.3) is 0 Å². The molecule has 2 aromatic heterocycles. The number of hydrogen-bond acceptors (Lipinski definition) is 5. The largest absolute Gasteiger partial charge is 0.287 e. The van der Waals surface area contributed by atoms with Crippen LogP contribution in [0, 0.1) is 0 Å². The fourth-order valence-corrected chi connectivity index (χ4v) is 5.33. The molecular weight excluding hydrogens is 398 g/mol. The van der Waals surface area contributed by atoms with Gasteiger partial charge in [-0.15, -0.1) is 22.7 Å². The minimum Gasteiger partial charge on any atom is -0.287 e. The second kappa shape index (κ2) is 7.80. The van der Waals surface area contributed by atoms with Crippen LogP contribution < -0.4 is 4.72 Å². The second-order valence-electron chi connectivity index (χ2n) is 5.24. The van der Waals surface area contributed by atoms with Gasteiger partial charge in [0.25, 0.3) is 0 Å². The fourth-order valence-electron chi connectivity index (χ4n) is 2.18. The van der Waals surface area contributed by atoms with Gasteiger partial charge in [-0.2, -0.15) is 0 Å². The number of carbonyl (C=O) groups is 1. The van der Waals surface area contributed by atoms with Crippen molar-refractivity contribution >= 4 is 50.1 Å². The zero-order valence-electron chi connectivity index (χ0n) is 12.9. The van der Waals surface area contributed by atoms with Gasteiger partial charge in [-0.1, -0.05) is 35.9 Å². The first-order valence-corrected chi connectivity index (χ1v) is 11.0. The molecule has 0 saturated carbocycles. The van der Waals surface area contributed by atoms with Crippen LogP contribution in [0.4, 0.5) is 0 Å². The Balaban J connectivity index is 1.64. The molecule has 4 nitrogen and oxygen atoms in total. The van der Waals surface area contributed by atoms with E-state index in [-0.39, 0.29) is 18.1 Å². The van der Waals surface area contributed by atoms with Crippen LogP contribution in [0.2, 0.25) is 5.02 Å². The van der Waals surface area contributed by atoms with Crippen LogP contribution in [0.1, 0.15) is 25.0 Å². The Bertz CT molecular complexity index is 978. The highest BCUT2D eigenvalue weighted by molar-refractivity contribution is 7.88. The molecule has 1 N–H and O–H groups in total. The summed E-state index contributed by atoms with van der Waals surface area (Å²) in [7, 11) is -3.52. The maximum absolute atomic E-state index is 12.3. The Kier molecular flexibility index (Phi) is 5.71. The molecule has 0 bridgehead atoms. The number of ketones is 1. The van der Waals surface area contributed by atoms with Crippen LogP contribution >= 0.6 is 34.3 Å². The van der Waals surface area contributed by atoms with Crippen molar-refractivity contribution in [2.75, 3.05) is 0 Å². The van der Waals surface area contributed by atoms with E-state index in [0.717, 1.165) is 4.88 Å². The van der Waals surface area contributed by atoms with Gasteiger partial charge in [0, 0.05) is 16.4 Å². The van der Waals surface area contributed by atoms with E-state index in [1.165, 1.54) is 22.7 Å². The monoisotopic (exact) mass is 411 g/mol. The molecular formula is C17H14ClNO3S3.